The SMILES string of the molecule is CC(C)OC(=O)C1CN(C)C2Cc3c[nH]c4cccc(c34)C23CC13. The molecule has 1 spiro atoms. The number of nitrogens with zero attached hydrogens (tertiary/aromatic N) is 1. The zero-order valence-electron chi connectivity index (χ0n) is 14.5. The van der Waals surface area contributed by atoms with E-state index >= 15 is 0 Å². The van der Waals surface area contributed by atoms with Gasteiger partial charge in [-0.05, 0) is 56.8 Å². The first-order valence-electron chi connectivity index (χ1n) is 9.02. The van der Waals surface area contributed by atoms with Crippen LogP contribution in [-0.2, 0) is 21.4 Å². The summed E-state index contributed by atoms with van der Waals surface area (Å²) in [7, 11) is 2.17. The van der Waals surface area contributed by atoms with E-state index in [1.807, 2.05) is 13.8 Å². The second-order valence-electron chi connectivity index (χ2n) is 8.14. The topological polar surface area (TPSA) is 45.3 Å². The van der Waals surface area contributed by atoms with E-state index in [4.69, 9.17) is 4.74 Å². The highest BCUT2D eigenvalue weighted by Gasteiger charge is 2.69. The molecule has 126 valence electrons. The number of H-pyrrole nitrogens is 1. The number of aromatic amines is 1. The van der Waals surface area contributed by atoms with E-state index in [-0.39, 0.29) is 23.4 Å². The molecule has 24 heavy (non-hydrogen) atoms. The van der Waals surface area contributed by atoms with Gasteiger partial charge < -0.3 is 14.6 Å². The maximum atomic E-state index is 12.6. The minimum absolute atomic E-state index is 0.00407. The highest BCUT2D eigenvalue weighted by atomic mass is 16.5. The van der Waals surface area contributed by atoms with Crippen LogP contribution >= 0.6 is 0 Å². The molecule has 1 N–H and O–H groups in total. The monoisotopic (exact) mass is 324 g/mol. The molecule has 2 fully saturated rings. The number of esters is 1. The van der Waals surface area contributed by atoms with Crippen LogP contribution in [0, 0.1) is 11.8 Å². The van der Waals surface area contributed by atoms with Crippen LogP contribution in [0.1, 0.15) is 31.4 Å². The van der Waals surface area contributed by atoms with Gasteiger partial charge in [-0.2, -0.15) is 0 Å². The molecule has 2 aliphatic carbocycles. The molecule has 4 heteroatoms. The average molecular weight is 324 g/mol. The number of benzene rings is 1. The molecule has 1 saturated heterocycles. The van der Waals surface area contributed by atoms with Crippen molar-refractivity contribution >= 4 is 16.9 Å². The summed E-state index contributed by atoms with van der Waals surface area (Å²) in [6, 6.07) is 7.10. The van der Waals surface area contributed by atoms with Gasteiger partial charge in [0.15, 0.2) is 0 Å². The summed E-state index contributed by atoms with van der Waals surface area (Å²) in [5.74, 6) is 0.423. The second-order valence-corrected chi connectivity index (χ2v) is 8.14. The molecule has 5 rings (SSSR count). The summed E-state index contributed by atoms with van der Waals surface area (Å²) in [5.41, 5.74) is 4.25. The van der Waals surface area contributed by atoms with Gasteiger partial charge in [-0.1, -0.05) is 12.1 Å². The Bertz CT molecular complexity index is 839. The molecule has 0 radical (unpaired) electrons. The zero-order chi connectivity index (χ0) is 16.6. The molecule has 0 amide bonds. The number of piperidine rings is 1. The third-order valence-electron chi connectivity index (χ3n) is 6.51. The Balaban J connectivity index is 1.60. The average Bonchev–Trinajstić information content (AvgIpc) is 3.14. The van der Waals surface area contributed by atoms with Crippen molar-refractivity contribution in [3.8, 4) is 0 Å². The lowest BCUT2D eigenvalue weighted by Crippen LogP contribution is -2.54. The van der Waals surface area contributed by atoms with Crippen molar-refractivity contribution in [3.63, 3.8) is 0 Å². The molecule has 2 heterocycles. The van der Waals surface area contributed by atoms with Crippen LogP contribution in [-0.4, -0.2) is 41.6 Å². The van der Waals surface area contributed by atoms with Crippen molar-refractivity contribution in [2.24, 2.45) is 11.8 Å². The normalized spacial score (nSPS) is 34.1. The van der Waals surface area contributed by atoms with E-state index in [9.17, 15) is 4.79 Å². The molecule has 2 aromatic rings. The van der Waals surface area contributed by atoms with Gasteiger partial charge in [0, 0.05) is 35.1 Å². The molecule has 4 atom stereocenters. The lowest BCUT2D eigenvalue weighted by molar-refractivity contribution is -0.155. The van der Waals surface area contributed by atoms with Gasteiger partial charge in [0.05, 0.1) is 12.0 Å². The summed E-state index contributed by atoms with van der Waals surface area (Å²) < 4.78 is 5.57. The van der Waals surface area contributed by atoms with Crippen LogP contribution in [0.3, 0.4) is 0 Å². The lowest BCUT2D eigenvalue weighted by Gasteiger charge is -2.45. The number of carbonyl (C=O) groups excluding carboxylic acids is 1. The number of likely N-dealkylation sites (N-methyl/N-ethyl adjacent to an activating group) is 1. The quantitative estimate of drug-likeness (QED) is 0.864. The van der Waals surface area contributed by atoms with Crippen LogP contribution < -0.4 is 0 Å². The molecule has 1 aliphatic heterocycles. The Hall–Kier alpha value is -1.81. The van der Waals surface area contributed by atoms with Crippen LogP contribution in [0.25, 0.3) is 10.9 Å². The van der Waals surface area contributed by atoms with Crippen molar-refractivity contribution in [3.05, 3.63) is 35.5 Å². The minimum atomic E-state index is -0.0405. The first kappa shape index (κ1) is 14.5. The van der Waals surface area contributed by atoms with Crippen LogP contribution in [0.2, 0.25) is 0 Å². The zero-order valence-corrected chi connectivity index (χ0v) is 14.5. The highest BCUT2D eigenvalue weighted by molar-refractivity contribution is 5.90. The maximum absolute atomic E-state index is 12.6. The molecule has 4 unspecified atom stereocenters. The largest absolute Gasteiger partial charge is 0.463 e. The van der Waals surface area contributed by atoms with Crippen molar-refractivity contribution in [2.45, 2.75) is 44.2 Å². The van der Waals surface area contributed by atoms with E-state index in [2.05, 4.69) is 41.3 Å². The molecule has 1 aromatic carbocycles. The van der Waals surface area contributed by atoms with E-state index in [1.165, 1.54) is 22.0 Å². The first-order valence-corrected chi connectivity index (χ1v) is 9.02. The predicted molar refractivity (Wildman–Crippen MR) is 92.9 cm³/mol. The van der Waals surface area contributed by atoms with E-state index in [0.29, 0.717) is 12.0 Å². The number of hydrogen-bond acceptors (Lipinski definition) is 3. The standard InChI is InChI=1S/C20H24N2O2/c1-11(2)24-19(23)13-10-22(3)17-7-12-9-21-16-6-4-5-14(18(12)16)20(17)8-15(13)20/h4-6,9,11,13,15,17,21H,7-8,10H2,1-3H3. The third kappa shape index (κ3) is 1.70. The van der Waals surface area contributed by atoms with Gasteiger partial charge in [-0.15, -0.1) is 0 Å². The predicted octanol–water partition coefficient (Wildman–Crippen LogP) is 2.86. The van der Waals surface area contributed by atoms with E-state index < -0.39 is 0 Å². The van der Waals surface area contributed by atoms with Gasteiger partial charge in [-0.25, -0.2) is 0 Å². The highest BCUT2D eigenvalue weighted by Crippen LogP contribution is 2.67. The number of nitrogens with one attached hydrogen (secondary N) is 1. The molecular formula is C20H24N2O2. The number of hydrogen-bond donors (Lipinski definition) is 1. The van der Waals surface area contributed by atoms with Crippen LogP contribution in [0.5, 0.6) is 0 Å². The first-order chi connectivity index (χ1) is 11.5. The van der Waals surface area contributed by atoms with Crippen molar-refractivity contribution in [1.29, 1.82) is 0 Å². The Morgan fingerprint density at radius 3 is 3.04 bits per heavy atom. The van der Waals surface area contributed by atoms with Crippen molar-refractivity contribution in [2.75, 3.05) is 13.6 Å². The molecular weight excluding hydrogens is 300 g/mol. The Morgan fingerprint density at radius 1 is 1.42 bits per heavy atom. The number of rotatable bonds is 2. The summed E-state index contributed by atoms with van der Waals surface area (Å²) in [6.45, 7) is 4.69. The number of likely N-dealkylation sites (tertiary alicyclic amines) is 1. The fourth-order valence-electron chi connectivity index (χ4n) is 5.55. The number of carbonyl (C=O) groups is 1. The summed E-state index contributed by atoms with van der Waals surface area (Å²) in [6.07, 6.45) is 4.33. The summed E-state index contributed by atoms with van der Waals surface area (Å²) in [5, 5.41) is 1.41. The van der Waals surface area contributed by atoms with Crippen molar-refractivity contribution in [1.82, 2.24) is 9.88 Å². The van der Waals surface area contributed by atoms with Gasteiger partial charge >= 0.3 is 5.97 Å². The van der Waals surface area contributed by atoms with Gasteiger partial charge in [-0.3, -0.25) is 4.79 Å². The Morgan fingerprint density at radius 2 is 2.25 bits per heavy atom. The van der Waals surface area contributed by atoms with Crippen LogP contribution in [0.4, 0.5) is 0 Å². The van der Waals surface area contributed by atoms with E-state index in [1.54, 1.807) is 0 Å². The maximum Gasteiger partial charge on any atom is 0.310 e. The molecule has 4 nitrogen and oxygen atoms in total. The molecule has 1 saturated carbocycles. The van der Waals surface area contributed by atoms with Gasteiger partial charge in [0.1, 0.15) is 0 Å². The molecule has 1 aromatic heterocycles. The van der Waals surface area contributed by atoms with E-state index in [0.717, 1.165) is 19.4 Å². The summed E-state index contributed by atoms with van der Waals surface area (Å²) in [4.78, 5) is 18.5. The van der Waals surface area contributed by atoms with Gasteiger partial charge in [0.25, 0.3) is 0 Å². The Kier molecular flexibility index (Phi) is 2.80. The fraction of sp³-hybridized carbons (Fsp3) is 0.550. The third-order valence-corrected chi connectivity index (χ3v) is 6.51. The summed E-state index contributed by atoms with van der Waals surface area (Å²) >= 11 is 0. The van der Waals surface area contributed by atoms with Crippen molar-refractivity contribution < 1.29 is 9.53 Å². The smallest absolute Gasteiger partial charge is 0.310 e. The molecule has 0 bridgehead atoms. The van der Waals surface area contributed by atoms with Crippen LogP contribution in [0.15, 0.2) is 24.4 Å². The molecule has 3 aliphatic rings. The number of aromatic nitrogens is 1. The van der Waals surface area contributed by atoms with Gasteiger partial charge in [0.2, 0.25) is 0 Å². The number of ether oxygens (including phenoxy) is 1. The Labute approximate surface area is 142 Å². The lowest BCUT2D eigenvalue weighted by atomic mass is 9.71. The fourth-order valence-corrected chi connectivity index (χ4v) is 5.55. The minimum Gasteiger partial charge on any atom is -0.463 e. The second kappa shape index (κ2) is 4.63.